The molecule has 0 amide bonds. The number of carbonyl (C=O) groups is 2. The van der Waals surface area contributed by atoms with E-state index in [1.165, 1.54) is 6.20 Å². The van der Waals surface area contributed by atoms with Gasteiger partial charge in [-0.3, -0.25) is 4.98 Å². The number of rotatable bonds is 3. The lowest BCUT2D eigenvalue weighted by atomic mass is 10.3. The zero-order valence-corrected chi connectivity index (χ0v) is 6.10. The molecule has 0 saturated heterocycles. The second kappa shape index (κ2) is 3.56. The van der Waals surface area contributed by atoms with Crippen molar-refractivity contribution in [2.45, 2.75) is 6.42 Å². The molecule has 0 radical (unpaired) electrons. The molecule has 12 heavy (non-hydrogen) atoms. The Bertz CT molecular complexity index is 294. The fraction of sp³-hybridized carbons (Fsp3) is 0.143. The number of hydrogen-bond donors (Lipinski definition) is 1. The highest BCUT2D eigenvalue weighted by atomic mass is 16.4. The van der Waals surface area contributed by atoms with Crippen LogP contribution in [0.3, 0.4) is 0 Å². The molecule has 0 atom stereocenters. The average Bonchev–Trinajstić information content (AvgIpc) is 2.06. The van der Waals surface area contributed by atoms with Crippen molar-refractivity contribution < 1.29 is 14.7 Å². The van der Waals surface area contributed by atoms with Gasteiger partial charge >= 0.3 is 5.97 Å². The van der Waals surface area contributed by atoms with E-state index in [9.17, 15) is 9.59 Å². The van der Waals surface area contributed by atoms with Gasteiger partial charge in [0, 0.05) is 12.6 Å². The SMILES string of the molecule is O=CCc1cnc(C(=O)O)cn1. The maximum Gasteiger partial charge on any atom is 0.356 e. The third-order valence-electron chi connectivity index (χ3n) is 1.22. The van der Waals surface area contributed by atoms with Gasteiger partial charge in [-0.25, -0.2) is 9.78 Å². The fourth-order valence-electron chi connectivity index (χ4n) is 0.656. The van der Waals surface area contributed by atoms with Crippen molar-refractivity contribution in [1.29, 1.82) is 0 Å². The Labute approximate surface area is 68.1 Å². The summed E-state index contributed by atoms with van der Waals surface area (Å²) in [6.45, 7) is 0. The summed E-state index contributed by atoms with van der Waals surface area (Å²) in [5, 5.41) is 8.43. The molecule has 0 aliphatic heterocycles. The molecule has 1 rings (SSSR count). The van der Waals surface area contributed by atoms with Gasteiger partial charge in [0.05, 0.1) is 11.9 Å². The molecule has 0 aliphatic rings. The summed E-state index contributed by atoms with van der Waals surface area (Å²) in [4.78, 5) is 27.6. The van der Waals surface area contributed by atoms with Gasteiger partial charge in [-0.05, 0) is 0 Å². The number of nitrogens with zero attached hydrogens (tertiary/aromatic N) is 2. The first-order valence-corrected chi connectivity index (χ1v) is 3.22. The number of carboxylic acid groups (broad SMARTS) is 1. The van der Waals surface area contributed by atoms with Crippen LogP contribution in [0.4, 0.5) is 0 Å². The second-order valence-electron chi connectivity index (χ2n) is 2.07. The van der Waals surface area contributed by atoms with Gasteiger partial charge in [0.15, 0.2) is 5.69 Å². The maximum absolute atomic E-state index is 10.3. The van der Waals surface area contributed by atoms with E-state index < -0.39 is 5.97 Å². The van der Waals surface area contributed by atoms with Crippen LogP contribution in [0, 0.1) is 0 Å². The Hall–Kier alpha value is -1.78. The van der Waals surface area contributed by atoms with Gasteiger partial charge in [-0.15, -0.1) is 0 Å². The van der Waals surface area contributed by atoms with Crippen molar-refractivity contribution in [3.63, 3.8) is 0 Å². The molecule has 0 aliphatic carbocycles. The van der Waals surface area contributed by atoms with E-state index >= 15 is 0 Å². The molecule has 5 nitrogen and oxygen atoms in total. The normalized spacial score (nSPS) is 9.33. The molecular formula is C7H6N2O3. The molecule has 0 aromatic carbocycles. The molecule has 1 aromatic heterocycles. The average molecular weight is 166 g/mol. The van der Waals surface area contributed by atoms with E-state index in [0.29, 0.717) is 12.0 Å². The highest BCUT2D eigenvalue weighted by Crippen LogP contribution is 1.94. The van der Waals surface area contributed by atoms with E-state index in [2.05, 4.69) is 9.97 Å². The molecule has 0 bridgehead atoms. The van der Waals surface area contributed by atoms with Crippen LogP contribution in [0.5, 0.6) is 0 Å². The lowest BCUT2D eigenvalue weighted by molar-refractivity contribution is -0.107. The molecule has 1 heterocycles. The van der Waals surface area contributed by atoms with Gasteiger partial charge in [0.25, 0.3) is 0 Å². The monoisotopic (exact) mass is 166 g/mol. The van der Waals surface area contributed by atoms with Gasteiger partial charge in [-0.1, -0.05) is 0 Å². The summed E-state index contributed by atoms with van der Waals surface area (Å²) >= 11 is 0. The first-order chi connectivity index (χ1) is 5.74. The van der Waals surface area contributed by atoms with Crippen LogP contribution in [0.1, 0.15) is 16.2 Å². The van der Waals surface area contributed by atoms with Crippen LogP contribution < -0.4 is 0 Å². The van der Waals surface area contributed by atoms with Gasteiger partial charge in [-0.2, -0.15) is 0 Å². The van der Waals surface area contributed by atoms with Gasteiger partial charge in [0.1, 0.15) is 6.29 Å². The Kier molecular flexibility index (Phi) is 2.47. The minimum atomic E-state index is -1.12. The number of hydrogen-bond acceptors (Lipinski definition) is 4. The molecule has 0 unspecified atom stereocenters. The number of carbonyl (C=O) groups excluding carboxylic acids is 1. The summed E-state index contributed by atoms with van der Waals surface area (Å²) in [7, 11) is 0. The highest BCUT2D eigenvalue weighted by molar-refractivity contribution is 5.84. The molecule has 0 saturated carbocycles. The van der Waals surface area contributed by atoms with E-state index in [0.717, 1.165) is 6.20 Å². The molecule has 1 N–H and O–H groups in total. The summed E-state index contributed by atoms with van der Waals surface area (Å²) < 4.78 is 0. The van der Waals surface area contributed by atoms with E-state index in [4.69, 9.17) is 5.11 Å². The van der Waals surface area contributed by atoms with E-state index in [1.54, 1.807) is 0 Å². The number of aldehydes is 1. The third kappa shape index (κ3) is 1.85. The molecular weight excluding hydrogens is 160 g/mol. The first kappa shape index (κ1) is 8.32. The Morgan fingerprint density at radius 1 is 1.50 bits per heavy atom. The van der Waals surface area contributed by atoms with Crippen molar-refractivity contribution >= 4 is 12.3 Å². The molecule has 1 aromatic rings. The standard InChI is InChI=1S/C7H6N2O3/c10-2-1-5-3-9-6(4-8-5)7(11)12/h2-4H,1H2,(H,11,12). The van der Waals surface area contributed by atoms with Crippen LogP contribution in [0.15, 0.2) is 12.4 Å². The Balaban J connectivity index is 2.85. The molecule has 62 valence electrons. The molecule has 5 heteroatoms. The Morgan fingerprint density at radius 2 is 2.25 bits per heavy atom. The first-order valence-electron chi connectivity index (χ1n) is 3.22. The number of carboxylic acids is 1. The largest absolute Gasteiger partial charge is 0.476 e. The molecule has 0 fully saturated rings. The van der Waals surface area contributed by atoms with Crippen molar-refractivity contribution in [2.24, 2.45) is 0 Å². The van der Waals surface area contributed by atoms with Crippen LogP contribution in [-0.2, 0) is 11.2 Å². The number of aromatic nitrogens is 2. The minimum Gasteiger partial charge on any atom is -0.476 e. The van der Waals surface area contributed by atoms with Gasteiger partial charge in [0.2, 0.25) is 0 Å². The van der Waals surface area contributed by atoms with Crippen molar-refractivity contribution in [1.82, 2.24) is 9.97 Å². The Morgan fingerprint density at radius 3 is 2.67 bits per heavy atom. The summed E-state index contributed by atoms with van der Waals surface area (Å²) in [6.07, 6.45) is 3.25. The van der Waals surface area contributed by atoms with Crippen LogP contribution in [0.25, 0.3) is 0 Å². The topological polar surface area (TPSA) is 80.2 Å². The lowest BCUT2D eigenvalue weighted by Gasteiger charge is -1.93. The quantitative estimate of drug-likeness (QED) is 0.635. The number of aromatic carboxylic acids is 1. The van der Waals surface area contributed by atoms with Crippen molar-refractivity contribution in [3.8, 4) is 0 Å². The summed E-state index contributed by atoms with van der Waals surface area (Å²) in [5.41, 5.74) is 0.347. The summed E-state index contributed by atoms with van der Waals surface area (Å²) in [5.74, 6) is -1.12. The van der Waals surface area contributed by atoms with Crippen molar-refractivity contribution in [3.05, 3.63) is 23.8 Å². The second-order valence-corrected chi connectivity index (χ2v) is 2.07. The van der Waals surface area contributed by atoms with Crippen LogP contribution in [-0.4, -0.2) is 27.3 Å². The van der Waals surface area contributed by atoms with Crippen LogP contribution in [0.2, 0.25) is 0 Å². The highest BCUT2D eigenvalue weighted by Gasteiger charge is 2.03. The smallest absolute Gasteiger partial charge is 0.356 e. The minimum absolute atomic E-state index is 0.121. The van der Waals surface area contributed by atoms with E-state index in [-0.39, 0.29) is 12.1 Å². The predicted molar refractivity (Wildman–Crippen MR) is 38.8 cm³/mol. The maximum atomic E-state index is 10.3. The zero-order valence-electron chi connectivity index (χ0n) is 6.10. The predicted octanol–water partition coefficient (Wildman–Crippen LogP) is -0.0838. The van der Waals surface area contributed by atoms with E-state index in [1.807, 2.05) is 0 Å². The zero-order chi connectivity index (χ0) is 8.97. The third-order valence-corrected chi connectivity index (χ3v) is 1.22. The van der Waals surface area contributed by atoms with Crippen molar-refractivity contribution in [2.75, 3.05) is 0 Å². The van der Waals surface area contributed by atoms with Crippen LogP contribution >= 0.6 is 0 Å². The van der Waals surface area contributed by atoms with Gasteiger partial charge < -0.3 is 9.90 Å². The lowest BCUT2D eigenvalue weighted by Crippen LogP contribution is -2.02. The fourth-order valence-corrected chi connectivity index (χ4v) is 0.656. The molecule has 0 spiro atoms. The summed E-state index contributed by atoms with van der Waals surface area (Å²) in [6, 6.07) is 0.